The summed E-state index contributed by atoms with van der Waals surface area (Å²) in [6, 6.07) is 0. The molecule has 76 valence electrons. The van der Waals surface area contributed by atoms with Gasteiger partial charge in [-0.25, -0.2) is 0 Å². The first kappa shape index (κ1) is 10.5. The van der Waals surface area contributed by atoms with Crippen LogP contribution in [0.4, 0.5) is 0 Å². The van der Waals surface area contributed by atoms with E-state index in [2.05, 4.69) is 5.32 Å². The highest BCUT2D eigenvalue weighted by Gasteiger charge is 2.39. The third-order valence-corrected chi connectivity index (χ3v) is 2.80. The number of carbonyl (C=O) groups is 1. The highest BCUT2D eigenvalue weighted by Crippen LogP contribution is 2.29. The Balaban J connectivity index is 2.66. The third-order valence-electron chi connectivity index (χ3n) is 2.80. The maximum absolute atomic E-state index is 11.6. The number of nitrogens with one attached hydrogen (secondary N) is 1. The van der Waals surface area contributed by atoms with Gasteiger partial charge >= 0.3 is 5.97 Å². The van der Waals surface area contributed by atoms with Gasteiger partial charge in [-0.1, -0.05) is 26.2 Å². The molecule has 0 aliphatic heterocycles. The highest BCUT2D eigenvalue weighted by molar-refractivity contribution is 5.80. The molecule has 0 aromatic carbocycles. The van der Waals surface area contributed by atoms with E-state index >= 15 is 0 Å². The van der Waals surface area contributed by atoms with E-state index in [9.17, 15) is 4.79 Å². The van der Waals surface area contributed by atoms with E-state index in [-0.39, 0.29) is 11.5 Å². The molecule has 1 aliphatic rings. The standard InChI is InChI=1S/C10H19NO2/c1-3-11-10(9(12)13-2)7-5-4-6-8-10/h11H,3-8H2,1-2H3. The van der Waals surface area contributed by atoms with Crippen molar-refractivity contribution >= 4 is 5.97 Å². The molecule has 0 amide bonds. The van der Waals surface area contributed by atoms with Crippen LogP contribution in [-0.2, 0) is 9.53 Å². The van der Waals surface area contributed by atoms with Gasteiger partial charge < -0.3 is 10.1 Å². The molecule has 0 heterocycles. The molecule has 13 heavy (non-hydrogen) atoms. The molecule has 1 saturated carbocycles. The lowest BCUT2D eigenvalue weighted by Crippen LogP contribution is -2.53. The van der Waals surface area contributed by atoms with Gasteiger partial charge in [-0.3, -0.25) is 4.79 Å². The molecule has 0 aromatic heterocycles. The molecule has 3 nitrogen and oxygen atoms in total. The lowest BCUT2D eigenvalue weighted by atomic mass is 9.81. The van der Waals surface area contributed by atoms with E-state index in [1.807, 2.05) is 6.92 Å². The van der Waals surface area contributed by atoms with Gasteiger partial charge in [-0.15, -0.1) is 0 Å². The topological polar surface area (TPSA) is 38.3 Å². The second kappa shape index (κ2) is 4.61. The quantitative estimate of drug-likeness (QED) is 0.677. The lowest BCUT2D eigenvalue weighted by molar-refractivity contribution is -0.150. The summed E-state index contributed by atoms with van der Waals surface area (Å²) < 4.78 is 4.84. The molecule has 3 heteroatoms. The molecular formula is C10H19NO2. The summed E-state index contributed by atoms with van der Waals surface area (Å²) in [5.41, 5.74) is -0.373. The number of esters is 1. The number of ether oxygens (including phenoxy) is 1. The molecule has 0 saturated heterocycles. The molecule has 0 spiro atoms. The van der Waals surface area contributed by atoms with Crippen molar-refractivity contribution in [2.75, 3.05) is 13.7 Å². The summed E-state index contributed by atoms with van der Waals surface area (Å²) >= 11 is 0. The zero-order valence-corrected chi connectivity index (χ0v) is 8.56. The van der Waals surface area contributed by atoms with Gasteiger partial charge in [0.05, 0.1) is 7.11 Å². The van der Waals surface area contributed by atoms with Crippen molar-refractivity contribution in [3.63, 3.8) is 0 Å². The Kier molecular flexibility index (Phi) is 3.72. The second-order valence-electron chi connectivity index (χ2n) is 3.66. The van der Waals surface area contributed by atoms with Crippen LogP contribution < -0.4 is 5.32 Å². The van der Waals surface area contributed by atoms with E-state index in [0.29, 0.717) is 0 Å². The van der Waals surface area contributed by atoms with Crippen molar-refractivity contribution in [2.45, 2.75) is 44.6 Å². The molecule has 1 fully saturated rings. The van der Waals surface area contributed by atoms with Gasteiger partial charge in [-0.2, -0.15) is 0 Å². The predicted molar refractivity (Wildman–Crippen MR) is 51.5 cm³/mol. The van der Waals surface area contributed by atoms with Crippen molar-refractivity contribution in [3.8, 4) is 0 Å². The average Bonchev–Trinajstić information content (AvgIpc) is 2.18. The third kappa shape index (κ3) is 2.21. The number of hydrogen-bond donors (Lipinski definition) is 1. The Morgan fingerprint density at radius 1 is 1.38 bits per heavy atom. The van der Waals surface area contributed by atoms with Crippen LogP contribution in [-0.4, -0.2) is 25.2 Å². The molecule has 1 rings (SSSR count). The zero-order chi connectivity index (χ0) is 9.73. The van der Waals surface area contributed by atoms with Gasteiger partial charge in [0.1, 0.15) is 5.54 Å². The average molecular weight is 185 g/mol. The van der Waals surface area contributed by atoms with Crippen molar-refractivity contribution < 1.29 is 9.53 Å². The van der Waals surface area contributed by atoms with E-state index in [1.54, 1.807) is 0 Å². The SMILES string of the molecule is CCNC1(C(=O)OC)CCCCC1. The number of hydrogen-bond acceptors (Lipinski definition) is 3. The summed E-state index contributed by atoms with van der Waals surface area (Å²) in [6.45, 7) is 2.86. The minimum Gasteiger partial charge on any atom is -0.468 e. The minimum absolute atomic E-state index is 0.0888. The van der Waals surface area contributed by atoms with Crippen molar-refractivity contribution in [1.82, 2.24) is 5.32 Å². The first-order valence-electron chi connectivity index (χ1n) is 5.08. The van der Waals surface area contributed by atoms with Gasteiger partial charge in [0.15, 0.2) is 0 Å². The van der Waals surface area contributed by atoms with Crippen molar-refractivity contribution in [2.24, 2.45) is 0 Å². The molecule has 0 radical (unpaired) electrons. The molecule has 1 N–H and O–H groups in total. The van der Waals surface area contributed by atoms with Gasteiger partial charge in [0, 0.05) is 0 Å². The normalized spacial score (nSPS) is 21.1. The van der Waals surface area contributed by atoms with E-state index in [1.165, 1.54) is 13.5 Å². The highest BCUT2D eigenvalue weighted by atomic mass is 16.5. The van der Waals surface area contributed by atoms with Crippen LogP contribution in [0.3, 0.4) is 0 Å². The summed E-state index contributed by atoms with van der Waals surface area (Å²) in [7, 11) is 1.47. The first-order valence-corrected chi connectivity index (χ1v) is 5.08. The van der Waals surface area contributed by atoms with Crippen LogP contribution >= 0.6 is 0 Å². The summed E-state index contributed by atoms with van der Waals surface area (Å²) in [5.74, 6) is -0.0888. The van der Waals surface area contributed by atoms with Crippen molar-refractivity contribution in [3.05, 3.63) is 0 Å². The van der Waals surface area contributed by atoms with Gasteiger partial charge in [-0.05, 0) is 19.4 Å². The first-order chi connectivity index (χ1) is 6.25. The summed E-state index contributed by atoms with van der Waals surface area (Å²) in [5, 5.41) is 3.27. The fourth-order valence-corrected chi connectivity index (χ4v) is 2.14. The Hall–Kier alpha value is -0.570. The largest absolute Gasteiger partial charge is 0.468 e. The number of rotatable bonds is 3. The van der Waals surface area contributed by atoms with Gasteiger partial charge in [0.2, 0.25) is 0 Å². The number of carbonyl (C=O) groups excluding carboxylic acids is 1. The maximum atomic E-state index is 11.6. The Labute approximate surface area is 79.8 Å². The van der Waals surface area contributed by atoms with Crippen LogP contribution in [0.1, 0.15) is 39.0 Å². The lowest BCUT2D eigenvalue weighted by Gasteiger charge is -2.35. The number of methoxy groups -OCH3 is 1. The molecule has 0 atom stereocenters. The van der Waals surface area contributed by atoms with E-state index in [4.69, 9.17) is 4.74 Å². The maximum Gasteiger partial charge on any atom is 0.326 e. The molecular weight excluding hydrogens is 166 g/mol. The summed E-state index contributed by atoms with van der Waals surface area (Å²) in [6.07, 6.45) is 5.34. The van der Waals surface area contributed by atoms with Crippen LogP contribution in [0.2, 0.25) is 0 Å². The predicted octanol–water partition coefficient (Wildman–Crippen LogP) is 1.47. The van der Waals surface area contributed by atoms with Crippen LogP contribution in [0.5, 0.6) is 0 Å². The number of likely N-dealkylation sites (N-methyl/N-ethyl adjacent to an activating group) is 1. The minimum atomic E-state index is -0.373. The second-order valence-corrected chi connectivity index (χ2v) is 3.66. The van der Waals surface area contributed by atoms with Crippen molar-refractivity contribution in [1.29, 1.82) is 0 Å². The van der Waals surface area contributed by atoms with E-state index < -0.39 is 0 Å². The molecule has 1 aliphatic carbocycles. The van der Waals surface area contributed by atoms with Crippen LogP contribution in [0, 0.1) is 0 Å². The summed E-state index contributed by atoms with van der Waals surface area (Å²) in [4.78, 5) is 11.6. The molecule has 0 unspecified atom stereocenters. The fraction of sp³-hybridized carbons (Fsp3) is 0.900. The molecule has 0 bridgehead atoms. The Morgan fingerprint density at radius 3 is 2.46 bits per heavy atom. The fourth-order valence-electron chi connectivity index (χ4n) is 2.14. The Morgan fingerprint density at radius 2 is 2.00 bits per heavy atom. The van der Waals surface area contributed by atoms with Crippen LogP contribution in [0.25, 0.3) is 0 Å². The van der Waals surface area contributed by atoms with Crippen LogP contribution in [0.15, 0.2) is 0 Å². The van der Waals surface area contributed by atoms with E-state index in [0.717, 1.165) is 32.2 Å². The monoisotopic (exact) mass is 185 g/mol. The molecule has 0 aromatic rings. The smallest absolute Gasteiger partial charge is 0.326 e. The Bertz CT molecular complexity index is 168. The zero-order valence-electron chi connectivity index (χ0n) is 8.56. The van der Waals surface area contributed by atoms with Gasteiger partial charge in [0.25, 0.3) is 0 Å².